The van der Waals surface area contributed by atoms with Crippen LogP contribution in [0, 0.1) is 10.1 Å². The molecule has 1 radical (unpaired) electrons. The monoisotopic (exact) mass is 133 g/mol. The van der Waals surface area contributed by atoms with Crippen LogP contribution in [-0.4, -0.2) is 55.7 Å². The molecular formula is H2KN2O2S. The molecule has 4 nitrogen and oxygen atoms in total. The molecule has 0 aromatic carbocycles. The van der Waals surface area contributed by atoms with Gasteiger partial charge < -0.3 is 0 Å². The van der Waals surface area contributed by atoms with Crippen molar-refractivity contribution in [2.45, 2.75) is 0 Å². The molecule has 0 aromatic heterocycles. The predicted molar refractivity (Wildman–Crippen MR) is 24.5 cm³/mol. The number of nitrogens with zero attached hydrogens (tertiary/aromatic N) is 1. The fourth-order valence-electron chi connectivity index (χ4n) is 0. The molecule has 31 valence electrons. The zero-order valence-electron chi connectivity index (χ0n) is 3.25. The average molecular weight is 133 g/mol. The van der Waals surface area contributed by atoms with Gasteiger partial charge in [-0.25, -0.2) is 15.3 Å². The van der Waals surface area contributed by atoms with E-state index in [4.69, 9.17) is 10.1 Å². The van der Waals surface area contributed by atoms with Crippen LogP contribution in [-0.2, 0) is 0 Å². The molecule has 0 aliphatic rings. The van der Waals surface area contributed by atoms with Crippen LogP contribution < -0.4 is 5.14 Å². The van der Waals surface area contributed by atoms with Crippen molar-refractivity contribution in [3.05, 3.63) is 10.1 Å². The molecule has 6 heteroatoms. The Kier molecular flexibility index (Phi) is 10.9. The quantitative estimate of drug-likeness (QED) is 0.224. The van der Waals surface area contributed by atoms with Gasteiger partial charge in [-0.2, -0.15) is 0 Å². The zero-order valence-corrected chi connectivity index (χ0v) is 7.19. The van der Waals surface area contributed by atoms with Crippen LogP contribution in [0.25, 0.3) is 0 Å². The Morgan fingerprint density at radius 3 is 2.00 bits per heavy atom. The van der Waals surface area contributed by atoms with Crippen molar-refractivity contribution < 1.29 is 4.33 Å². The second-order valence-corrected chi connectivity index (χ2v) is 0.838. The van der Waals surface area contributed by atoms with Crippen molar-refractivity contribution in [1.82, 2.24) is 0 Å². The topological polar surface area (TPSA) is 69.2 Å². The van der Waals surface area contributed by atoms with Crippen LogP contribution in [0.3, 0.4) is 0 Å². The molecular weight excluding hydrogens is 131 g/mol. The van der Waals surface area contributed by atoms with Gasteiger partial charge in [-0.1, -0.05) is 0 Å². The first kappa shape index (κ1) is 10.4. The van der Waals surface area contributed by atoms with E-state index in [2.05, 4.69) is 5.14 Å². The fraction of sp³-hybridized carbons (Fsp3) is 0. The molecule has 0 amide bonds. The van der Waals surface area contributed by atoms with Gasteiger partial charge in [-0.15, -0.1) is 0 Å². The number of rotatable bonds is 1. The van der Waals surface area contributed by atoms with Gasteiger partial charge in [0.15, 0.2) is 0 Å². The molecule has 0 bridgehead atoms. The van der Waals surface area contributed by atoms with E-state index in [1.54, 1.807) is 0 Å². The van der Waals surface area contributed by atoms with Gasteiger partial charge in [0.25, 0.3) is 0 Å². The minimum Gasteiger partial charge on any atom is -0.249 e. The van der Waals surface area contributed by atoms with Gasteiger partial charge >= 0.3 is 12.1 Å². The van der Waals surface area contributed by atoms with Gasteiger partial charge in [-0.05, 0) is 0 Å². The van der Waals surface area contributed by atoms with E-state index in [0.717, 1.165) is 0 Å². The maximum Gasteiger partial charge on any atom is 0.317 e. The number of nitro groups is 1. The molecule has 0 rings (SSSR count). The molecule has 6 heavy (non-hydrogen) atoms. The van der Waals surface area contributed by atoms with E-state index in [1.165, 1.54) is 0 Å². The Morgan fingerprint density at radius 2 is 2.00 bits per heavy atom. The standard InChI is InChI=1S/K.H2N2O2S/c;1-5-2(3)4/h;1H2. The first-order valence-electron chi connectivity index (χ1n) is 0.783. The molecule has 2 N–H and O–H groups in total. The molecule has 0 atom stereocenters. The summed E-state index contributed by atoms with van der Waals surface area (Å²) in [5.41, 5.74) is 0. The number of hydrogen-bond acceptors (Lipinski definition) is 4. The molecule has 0 unspecified atom stereocenters. The van der Waals surface area contributed by atoms with Gasteiger partial charge in [0.2, 0.25) is 0 Å². The van der Waals surface area contributed by atoms with E-state index < -0.39 is 4.33 Å². The number of nitrogens with two attached hydrogens (primary N) is 1. The first-order valence-corrected chi connectivity index (χ1v) is 1.62. The van der Waals surface area contributed by atoms with Crippen LogP contribution in [0.1, 0.15) is 0 Å². The first-order chi connectivity index (χ1) is 2.27. The Morgan fingerprint density at radius 1 is 1.83 bits per heavy atom. The van der Waals surface area contributed by atoms with E-state index in [-0.39, 0.29) is 63.5 Å². The van der Waals surface area contributed by atoms with Gasteiger partial charge in [0.05, 0.1) is 0 Å². The Hall–Kier alpha value is 1.35. The van der Waals surface area contributed by atoms with Gasteiger partial charge in [0, 0.05) is 51.4 Å². The van der Waals surface area contributed by atoms with Crippen LogP contribution in [0.2, 0.25) is 0 Å². The Bertz CT molecular complexity index is 46.8. The van der Waals surface area contributed by atoms with E-state index in [9.17, 15) is 0 Å². The summed E-state index contributed by atoms with van der Waals surface area (Å²) >= 11 is 0.102. The molecule has 0 fully saturated rings. The van der Waals surface area contributed by atoms with Crippen molar-refractivity contribution in [2.75, 3.05) is 0 Å². The summed E-state index contributed by atoms with van der Waals surface area (Å²) in [6.45, 7) is 0. The van der Waals surface area contributed by atoms with Crippen molar-refractivity contribution in [2.24, 2.45) is 5.14 Å². The van der Waals surface area contributed by atoms with Gasteiger partial charge in [0.1, 0.15) is 4.33 Å². The second kappa shape index (κ2) is 6.35. The summed E-state index contributed by atoms with van der Waals surface area (Å²) in [5.74, 6) is 0. The SMILES string of the molecule is NS[N+](=O)[O-].[K]. The third-order valence-corrected chi connectivity index (χ3v) is 0.258. The summed E-state index contributed by atoms with van der Waals surface area (Å²) in [5, 5.41) is 13.4. The summed E-state index contributed by atoms with van der Waals surface area (Å²) in [7, 11) is 0. The van der Waals surface area contributed by atoms with Crippen molar-refractivity contribution in [3.8, 4) is 0 Å². The molecule has 0 saturated carbocycles. The maximum absolute atomic E-state index is 9.01. The average Bonchev–Trinajstić information content (AvgIpc) is 1.38. The van der Waals surface area contributed by atoms with Crippen LogP contribution in [0.15, 0.2) is 0 Å². The summed E-state index contributed by atoms with van der Waals surface area (Å²) in [4.78, 5) is 9.01. The smallest absolute Gasteiger partial charge is 0.249 e. The third kappa shape index (κ3) is 9.02. The number of hydrogen-bond donors (Lipinski definition) is 1. The molecule has 0 aliphatic carbocycles. The van der Waals surface area contributed by atoms with Crippen LogP contribution >= 0.6 is 12.1 Å². The Labute approximate surface area is 81.7 Å². The van der Waals surface area contributed by atoms with E-state index in [1.807, 2.05) is 0 Å². The minimum absolute atomic E-state index is 0. The molecule has 0 aromatic rings. The summed E-state index contributed by atoms with van der Waals surface area (Å²) < 4.78 is -0.681. The van der Waals surface area contributed by atoms with Crippen LogP contribution in [0.4, 0.5) is 0 Å². The minimum atomic E-state index is -0.681. The van der Waals surface area contributed by atoms with Crippen molar-refractivity contribution in [1.29, 1.82) is 0 Å². The van der Waals surface area contributed by atoms with E-state index in [0.29, 0.717) is 0 Å². The molecule has 0 spiro atoms. The summed E-state index contributed by atoms with van der Waals surface area (Å²) in [6.07, 6.45) is 0. The molecule has 0 aliphatic heterocycles. The molecule has 0 saturated heterocycles. The largest absolute Gasteiger partial charge is 0.317 e. The van der Waals surface area contributed by atoms with Gasteiger partial charge in [-0.3, -0.25) is 0 Å². The van der Waals surface area contributed by atoms with Crippen molar-refractivity contribution >= 4 is 63.5 Å². The Balaban J connectivity index is 0. The second-order valence-electron chi connectivity index (χ2n) is 0.329. The van der Waals surface area contributed by atoms with E-state index >= 15 is 0 Å². The summed E-state index contributed by atoms with van der Waals surface area (Å²) in [6, 6.07) is 0. The fourth-order valence-corrected chi connectivity index (χ4v) is 0. The maximum atomic E-state index is 9.01. The zero-order chi connectivity index (χ0) is 4.28. The molecule has 0 heterocycles. The predicted octanol–water partition coefficient (Wildman–Crippen LogP) is -0.596. The third-order valence-electron chi connectivity index (χ3n) is 0.0861. The normalized spacial score (nSPS) is 6.17. The van der Waals surface area contributed by atoms with Crippen LogP contribution in [0.5, 0.6) is 0 Å². The van der Waals surface area contributed by atoms with Crippen molar-refractivity contribution in [3.63, 3.8) is 0 Å².